The van der Waals surface area contributed by atoms with E-state index >= 15 is 0 Å². The van der Waals surface area contributed by atoms with Crippen molar-refractivity contribution in [1.29, 1.82) is 0 Å². The van der Waals surface area contributed by atoms with Gasteiger partial charge >= 0.3 is 0 Å². The van der Waals surface area contributed by atoms with Crippen LogP contribution in [0.25, 0.3) is 10.9 Å². The van der Waals surface area contributed by atoms with Crippen LogP contribution in [-0.4, -0.2) is 9.97 Å². The molecule has 0 aliphatic heterocycles. The van der Waals surface area contributed by atoms with Crippen molar-refractivity contribution in [2.45, 2.75) is 18.3 Å². The molecule has 3 aromatic rings. The topological polar surface area (TPSA) is 25.8 Å². The second kappa shape index (κ2) is 4.50. The van der Waals surface area contributed by atoms with Gasteiger partial charge < -0.3 is 0 Å². The van der Waals surface area contributed by atoms with Crippen molar-refractivity contribution >= 4 is 22.5 Å². The fourth-order valence-corrected chi connectivity index (χ4v) is 3.14. The molecule has 2 heterocycles. The summed E-state index contributed by atoms with van der Waals surface area (Å²) >= 11 is 6.25. The third-order valence-corrected chi connectivity index (χ3v) is 4.53. The molecule has 0 saturated heterocycles. The largest absolute Gasteiger partial charge is 0.257 e. The summed E-state index contributed by atoms with van der Waals surface area (Å²) in [7, 11) is 0. The minimum atomic E-state index is -0.307. The maximum Gasteiger partial charge on any atom is 0.145 e. The molecule has 21 heavy (non-hydrogen) atoms. The van der Waals surface area contributed by atoms with Gasteiger partial charge in [0.25, 0.3) is 0 Å². The SMILES string of the molecule is Fc1cccnc1C1(c2ccc3nccc(Cl)c3c2)CC1. The Kier molecular flexibility index (Phi) is 2.73. The highest BCUT2D eigenvalue weighted by Crippen LogP contribution is 2.53. The first-order valence-electron chi connectivity index (χ1n) is 6.86. The third-order valence-electron chi connectivity index (χ3n) is 4.20. The summed E-state index contributed by atoms with van der Waals surface area (Å²) in [5.74, 6) is -0.243. The van der Waals surface area contributed by atoms with Crippen LogP contribution in [0.1, 0.15) is 24.1 Å². The van der Waals surface area contributed by atoms with Crippen LogP contribution < -0.4 is 0 Å². The van der Waals surface area contributed by atoms with Gasteiger partial charge in [0.05, 0.1) is 16.2 Å². The molecular weight excluding hydrogens is 287 g/mol. The average Bonchev–Trinajstić information content (AvgIpc) is 3.29. The van der Waals surface area contributed by atoms with E-state index in [-0.39, 0.29) is 11.2 Å². The zero-order valence-corrected chi connectivity index (χ0v) is 11.9. The molecule has 0 spiro atoms. The van der Waals surface area contributed by atoms with Crippen LogP contribution in [0.15, 0.2) is 48.8 Å². The predicted octanol–water partition coefficient (Wildman–Crippen LogP) is 4.50. The van der Waals surface area contributed by atoms with E-state index < -0.39 is 0 Å². The van der Waals surface area contributed by atoms with Gasteiger partial charge in [-0.25, -0.2) is 4.39 Å². The number of hydrogen-bond donors (Lipinski definition) is 0. The Hall–Kier alpha value is -2.00. The van der Waals surface area contributed by atoms with Crippen molar-refractivity contribution in [3.05, 3.63) is 70.9 Å². The van der Waals surface area contributed by atoms with Crippen LogP contribution in [0.2, 0.25) is 5.02 Å². The van der Waals surface area contributed by atoms with Gasteiger partial charge in [-0.1, -0.05) is 17.7 Å². The lowest BCUT2D eigenvalue weighted by Crippen LogP contribution is -2.13. The lowest BCUT2D eigenvalue weighted by atomic mass is 9.90. The molecule has 1 aromatic carbocycles. The van der Waals surface area contributed by atoms with Crippen molar-refractivity contribution in [3.8, 4) is 0 Å². The molecule has 2 aromatic heterocycles. The van der Waals surface area contributed by atoms with E-state index in [1.807, 2.05) is 18.2 Å². The van der Waals surface area contributed by atoms with Crippen LogP contribution in [-0.2, 0) is 5.41 Å². The first kappa shape index (κ1) is 12.7. The van der Waals surface area contributed by atoms with Gasteiger partial charge in [-0.3, -0.25) is 9.97 Å². The van der Waals surface area contributed by atoms with E-state index in [2.05, 4.69) is 9.97 Å². The highest BCUT2D eigenvalue weighted by molar-refractivity contribution is 6.35. The van der Waals surface area contributed by atoms with Crippen LogP contribution in [0.3, 0.4) is 0 Å². The zero-order chi connectivity index (χ0) is 14.4. The number of halogens is 2. The maximum absolute atomic E-state index is 14.1. The zero-order valence-electron chi connectivity index (χ0n) is 11.2. The molecule has 1 aliphatic carbocycles. The number of hydrogen-bond acceptors (Lipinski definition) is 2. The number of pyridine rings is 2. The van der Waals surface area contributed by atoms with Gasteiger partial charge in [0.2, 0.25) is 0 Å². The van der Waals surface area contributed by atoms with Crippen LogP contribution in [0.4, 0.5) is 4.39 Å². The third kappa shape index (κ3) is 1.92. The molecule has 0 bridgehead atoms. The lowest BCUT2D eigenvalue weighted by Gasteiger charge is -2.16. The molecule has 4 rings (SSSR count). The standard InChI is InChI=1S/C17H12ClFN2/c18-13-5-9-20-15-4-3-11(10-12(13)15)17(6-7-17)16-14(19)2-1-8-21-16/h1-5,8-10H,6-7H2. The van der Waals surface area contributed by atoms with Crippen LogP contribution >= 0.6 is 11.6 Å². The minimum Gasteiger partial charge on any atom is -0.257 e. The van der Waals surface area contributed by atoms with Gasteiger partial charge in [0.1, 0.15) is 5.82 Å². The Morgan fingerprint density at radius 1 is 1.05 bits per heavy atom. The molecule has 0 atom stereocenters. The molecule has 0 radical (unpaired) electrons. The summed E-state index contributed by atoms with van der Waals surface area (Å²) in [6.07, 6.45) is 5.15. The second-order valence-corrected chi connectivity index (χ2v) is 5.85. The monoisotopic (exact) mass is 298 g/mol. The predicted molar refractivity (Wildman–Crippen MR) is 81.0 cm³/mol. The molecule has 1 fully saturated rings. The van der Waals surface area contributed by atoms with E-state index in [1.165, 1.54) is 6.07 Å². The number of fused-ring (bicyclic) bond motifs is 1. The summed E-state index contributed by atoms with van der Waals surface area (Å²) in [4.78, 5) is 8.57. The van der Waals surface area contributed by atoms with Crippen molar-refractivity contribution in [1.82, 2.24) is 9.97 Å². The van der Waals surface area contributed by atoms with Gasteiger partial charge in [-0.05, 0) is 48.7 Å². The normalized spacial score (nSPS) is 16.1. The number of rotatable bonds is 2. The molecule has 4 heteroatoms. The summed E-state index contributed by atoms with van der Waals surface area (Å²) < 4.78 is 14.1. The number of nitrogens with zero attached hydrogens (tertiary/aromatic N) is 2. The van der Waals surface area contributed by atoms with E-state index in [0.29, 0.717) is 10.7 Å². The second-order valence-electron chi connectivity index (χ2n) is 5.44. The molecule has 0 unspecified atom stereocenters. The fourth-order valence-electron chi connectivity index (χ4n) is 2.94. The fraction of sp³-hybridized carbons (Fsp3) is 0.176. The van der Waals surface area contributed by atoms with Crippen molar-refractivity contribution in [3.63, 3.8) is 0 Å². The van der Waals surface area contributed by atoms with Crippen LogP contribution in [0.5, 0.6) is 0 Å². The van der Waals surface area contributed by atoms with E-state index in [1.54, 1.807) is 24.5 Å². The molecule has 2 nitrogen and oxygen atoms in total. The Morgan fingerprint density at radius 3 is 2.67 bits per heavy atom. The Bertz CT molecular complexity index is 843. The van der Waals surface area contributed by atoms with E-state index in [9.17, 15) is 4.39 Å². The average molecular weight is 299 g/mol. The van der Waals surface area contributed by atoms with Gasteiger partial charge in [-0.15, -0.1) is 0 Å². The Labute approximate surface area is 126 Å². The van der Waals surface area contributed by atoms with Gasteiger partial charge in [0.15, 0.2) is 0 Å². The quantitative estimate of drug-likeness (QED) is 0.696. The first-order valence-corrected chi connectivity index (χ1v) is 7.24. The molecular formula is C17H12ClFN2. The van der Waals surface area contributed by atoms with Crippen LogP contribution in [0, 0.1) is 5.82 Å². The Balaban J connectivity index is 1.91. The van der Waals surface area contributed by atoms with Crippen molar-refractivity contribution in [2.75, 3.05) is 0 Å². The van der Waals surface area contributed by atoms with Crippen molar-refractivity contribution in [2.24, 2.45) is 0 Å². The van der Waals surface area contributed by atoms with Gasteiger partial charge in [0, 0.05) is 23.2 Å². The summed E-state index contributed by atoms with van der Waals surface area (Å²) in [6.45, 7) is 0. The summed E-state index contributed by atoms with van der Waals surface area (Å²) in [6, 6.07) is 10.8. The first-order chi connectivity index (χ1) is 10.2. The lowest BCUT2D eigenvalue weighted by molar-refractivity contribution is 0.580. The van der Waals surface area contributed by atoms with E-state index in [0.717, 1.165) is 29.3 Å². The molecule has 0 N–H and O–H groups in total. The smallest absolute Gasteiger partial charge is 0.145 e. The highest BCUT2D eigenvalue weighted by atomic mass is 35.5. The van der Waals surface area contributed by atoms with E-state index in [4.69, 9.17) is 11.6 Å². The number of aromatic nitrogens is 2. The molecule has 1 aliphatic rings. The van der Waals surface area contributed by atoms with Crippen molar-refractivity contribution < 1.29 is 4.39 Å². The molecule has 104 valence electrons. The summed E-state index contributed by atoms with van der Waals surface area (Å²) in [5, 5.41) is 1.57. The van der Waals surface area contributed by atoms with Gasteiger partial charge in [-0.2, -0.15) is 0 Å². The molecule has 0 amide bonds. The Morgan fingerprint density at radius 2 is 1.90 bits per heavy atom. The minimum absolute atomic E-state index is 0.243. The highest BCUT2D eigenvalue weighted by Gasteiger charge is 2.48. The maximum atomic E-state index is 14.1. The summed E-state index contributed by atoms with van der Waals surface area (Å²) in [5.41, 5.74) is 2.13. The molecule has 1 saturated carbocycles. The number of benzene rings is 1.